The van der Waals surface area contributed by atoms with Gasteiger partial charge in [-0.3, -0.25) is 19.3 Å². The lowest BCUT2D eigenvalue weighted by Gasteiger charge is -2.36. The molecule has 2 aromatic carbocycles. The summed E-state index contributed by atoms with van der Waals surface area (Å²) in [6, 6.07) is 13.1. The van der Waals surface area contributed by atoms with Crippen LogP contribution in [0.4, 0.5) is 0 Å². The normalized spacial score (nSPS) is 18.8. The molecule has 2 aliphatic rings. The number of hydrogen-bond acceptors (Lipinski definition) is 4. The van der Waals surface area contributed by atoms with Crippen LogP contribution in [0.3, 0.4) is 0 Å². The van der Waals surface area contributed by atoms with E-state index in [9.17, 15) is 14.4 Å². The highest BCUT2D eigenvalue weighted by Gasteiger charge is 2.58. The van der Waals surface area contributed by atoms with Crippen LogP contribution in [0.1, 0.15) is 43.9 Å². The third kappa shape index (κ3) is 2.47. The van der Waals surface area contributed by atoms with Crippen molar-refractivity contribution in [2.24, 2.45) is 0 Å². The summed E-state index contributed by atoms with van der Waals surface area (Å²) in [5.74, 6) is -1.19. The van der Waals surface area contributed by atoms with Gasteiger partial charge in [0.15, 0.2) is 0 Å². The quantitative estimate of drug-likeness (QED) is 0.846. The van der Waals surface area contributed by atoms with Gasteiger partial charge in [-0.2, -0.15) is 0 Å². The number of ketones is 2. The van der Waals surface area contributed by atoms with Crippen LogP contribution in [0, 0.1) is 0 Å². The summed E-state index contributed by atoms with van der Waals surface area (Å²) in [6.07, 6.45) is 1.77. The summed E-state index contributed by atoms with van der Waals surface area (Å²) >= 11 is 5.88. The lowest BCUT2D eigenvalue weighted by atomic mass is 10.0. The van der Waals surface area contributed by atoms with Crippen molar-refractivity contribution < 1.29 is 14.4 Å². The van der Waals surface area contributed by atoms with Crippen molar-refractivity contribution in [3.8, 4) is 0 Å². The van der Waals surface area contributed by atoms with Crippen LogP contribution in [0.25, 0.3) is 0 Å². The van der Waals surface area contributed by atoms with E-state index in [4.69, 9.17) is 11.6 Å². The van der Waals surface area contributed by atoms with E-state index in [1.807, 2.05) is 0 Å². The van der Waals surface area contributed by atoms with Crippen molar-refractivity contribution in [3.63, 3.8) is 0 Å². The van der Waals surface area contributed by atoms with Crippen LogP contribution in [0.5, 0.6) is 0 Å². The Kier molecular flexibility index (Phi) is 4.13. The van der Waals surface area contributed by atoms with Gasteiger partial charge in [0.25, 0.3) is 5.91 Å². The van der Waals surface area contributed by atoms with E-state index in [0.717, 1.165) is 12.8 Å². The number of fused-ring (bicyclic) bond motifs is 1. The maximum Gasteiger partial charge on any atom is 0.253 e. The van der Waals surface area contributed by atoms with Crippen LogP contribution < -0.4 is 5.32 Å². The highest BCUT2D eigenvalue weighted by atomic mass is 35.5. The zero-order chi connectivity index (χ0) is 18.3. The van der Waals surface area contributed by atoms with Crippen molar-refractivity contribution in [3.05, 3.63) is 70.2 Å². The van der Waals surface area contributed by atoms with Gasteiger partial charge < -0.3 is 5.32 Å². The van der Waals surface area contributed by atoms with Crippen LogP contribution in [0.15, 0.2) is 48.5 Å². The van der Waals surface area contributed by atoms with E-state index in [2.05, 4.69) is 5.32 Å². The van der Waals surface area contributed by atoms with Gasteiger partial charge in [-0.1, -0.05) is 35.9 Å². The molecule has 6 heteroatoms. The van der Waals surface area contributed by atoms with Gasteiger partial charge in [-0.05, 0) is 37.1 Å². The smallest absolute Gasteiger partial charge is 0.253 e. The first-order valence-corrected chi connectivity index (χ1v) is 8.93. The summed E-state index contributed by atoms with van der Waals surface area (Å²) in [5, 5.41) is 3.27. The molecule has 1 aliphatic heterocycles. The van der Waals surface area contributed by atoms with Gasteiger partial charge in [-0.15, -0.1) is 0 Å². The molecule has 0 atom stereocenters. The number of halogens is 1. The third-order valence-corrected chi connectivity index (χ3v) is 5.31. The van der Waals surface area contributed by atoms with Crippen LogP contribution in [0.2, 0.25) is 5.02 Å². The molecule has 0 spiro atoms. The molecule has 0 saturated carbocycles. The number of rotatable bonds is 3. The average molecular weight is 369 g/mol. The highest BCUT2D eigenvalue weighted by molar-refractivity contribution is 6.34. The molecule has 5 nitrogen and oxygen atoms in total. The molecule has 1 fully saturated rings. The van der Waals surface area contributed by atoms with E-state index in [0.29, 0.717) is 34.8 Å². The molecule has 132 valence electrons. The molecule has 26 heavy (non-hydrogen) atoms. The van der Waals surface area contributed by atoms with E-state index < -0.39 is 11.6 Å². The first kappa shape index (κ1) is 16.9. The average Bonchev–Trinajstić information content (AvgIpc) is 3.26. The molecule has 1 amide bonds. The zero-order valence-electron chi connectivity index (χ0n) is 14.0. The van der Waals surface area contributed by atoms with E-state index >= 15 is 0 Å². The molecule has 0 aromatic heterocycles. The summed E-state index contributed by atoms with van der Waals surface area (Å²) in [6.45, 7) is 1.18. The highest BCUT2D eigenvalue weighted by Crippen LogP contribution is 2.35. The SMILES string of the molecule is O=C(NC1(N2CCCC2)C(=O)c2ccccc2C1=O)c1ccc(Cl)cc1. The van der Waals surface area contributed by atoms with E-state index in [-0.39, 0.29) is 11.6 Å². The van der Waals surface area contributed by atoms with Gasteiger partial charge in [0.1, 0.15) is 0 Å². The number of nitrogens with one attached hydrogen (secondary N) is 1. The molecule has 1 N–H and O–H groups in total. The van der Waals surface area contributed by atoms with Crippen molar-refractivity contribution in [1.29, 1.82) is 0 Å². The first-order valence-electron chi connectivity index (χ1n) is 8.56. The number of benzene rings is 2. The number of likely N-dealkylation sites (tertiary alicyclic amines) is 1. The molecule has 0 bridgehead atoms. The first-order chi connectivity index (χ1) is 12.5. The monoisotopic (exact) mass is 368 g/mol. The molecule has 0 unspecified atom stereocenters. The standard InChI is InChI=1S/C20H17ClN2O3/c21-14-9-7-13(8-10-14)19(26)22-20(23-11-3-4-12-23)17(24)15-5-1-2-6-16(15)18(20)25/h1-2,5-10H,3-4,11-12H2,(H,22,26). The number of carbonyl (C=O) groups is 3. The minimum absolute atomic E-state index is 0.351. The van der Waals surface area contributed by atoms with Gasteiger partial charge >= 0.3 is 0 Å². The summed E-state index contributed by atoms with van der Waals surface area (Å²) in [7, 11) is 0. The fourth-order valence-corrected chi connectivity index (χ4v) is 3.87. The van der Waals surface area contributed by atoms with E-state index in [1.54, 1.807) is 53.4 Å². The lowest BCUT2D eigenvalue weighted by molar-refractivity contribution is 0.0420. The Morgan fingerprint density at radius 3 is 2.00 bits per heavy atom. The second-order valence-corrected chi connectivity index (χ2v) is 7.01. The second-order valence-electron chi connectivity index (χ2n) is 6.57. The summed E-state index contributed by atoms with van der Waals surface area (Å²) in [4.78, 5) is 41.1. The Labute approximate surface area is 155 Å². The van der Waals surface area contributed by atoms with Crippen LogP contribution in [-0.4, -0.2) is 41.1 Å². The topological polar surface area (TPSA) is 66.5 Å². The fourth-order valence-electron chi connectivity index (χ4n) is 3.74. The molecular formula is C20H17ClN2O3. The molecule has 2 aromatic rings. The minimum Gasteiger partial charge on any atom is -0.320 e. The maximum absolute atomic E-state index is 13.2. The van der Waals surface area contributed by atoms with Crippen molar-refractivity contribution in [2.45, 2.75) is 18.5 Å². The Morgan fingerprint density at radius 2 is 1.46 bits per heavy atom. The number of hydrogen-bond donors (Lipinski definition) is 1. The van der Waals surface area contributed by atoms with Gasteiger partial charge in [0, 0.05) is 34.8 Å². The second kappa shape index (κ2) is 6.34. The van der Waals surface area contributed by atoms with Crippen LogP contribution in [-0.2, 0) is 0 Å². The number of Topliss-reactive ketones (excluding diaryl/α,β-unsaturated/α-hetero) is 2. The summed E-state index contributed by atoms with van der Waals surface area (Å²) < 4.78 is 0. The molecule has 1 heterocycles. The van der Waals surface area contributed by atoms with Crippen LogP contribution >= 0.6 is 11.6 Å². The van der Waals surface area contributed by atoms with E-state index in [1.165, 1.54) is 0 Å². The Balaban J connectivity index is 1.76. The molecule has 4 rings (SSSR count). The molecule has 1 saturated heterocycles. The zero-order valence-corrected chi connectivity index (χ0v) is 14.8. The predicted octanol–water partition coefficient (Wildman–Crippen LogP) is 2.94. The Bertz CT molecular complexity index is 867. The Hall–Kier alpha value is -2.50. The van der Waals surface area contributed by atoms with Crippen molar-refractivity contribution >= 4 is 29.1 Å². The number of amides is 1. The number of nitrogens with zero attached hydrogens (tertiary/aromatic N) is 1. The molecular weight excluding hydrogens is 352 g/mol. The van der Waals surface area contributed by atoms with Crippen molar-refractivity contribution in [1.82, 2.24) is 10.2 Å². The molecule has 0 radical (unpaired) electrons. The third-order valence-electron chi connectivity index (χ3n) is 5.05. The summed E-state index contributed by atoms with van der Waals surface area (Å²) in [5.41, 5.74) is -0.581. The Morgan fingerprint density at radius 1 is 0.923 bits per heavy atom. The van der Waals surface area contributed by atoms with Gasteiger partial charge in [-0.25, -0.2) is 0 Å². The largest absolute Gasteiger partial charge is 0.320 e. The minimum atomic E-state index is -1.66. The maximum atomic E-state index is 13.2. The van der Waals surface area contributed by atoms with Gasteiger partial charge in [0.05, 0.1) is 0 Å². The fraction of sp³-hybridized carbons (Fsp3) is 0.250. The van der Waals surface area contributed by atoms with Crippen molar-refractivity contribution in [2.75, 3.05) is 13.1 Å². The lowest BCUT2D eigenvalue weighted by Crippen LogP contribution is -2.66. The predicted molar refractivity (Wildman–Crippen MR) is 97.6 cm³/mol. The number of carbonyl (C=O) groups excluding carboxylic acids is 3. The van der Waals surface area contributed by atoms with Gasteiger partial charge in [0.2, 0.25) is 17.2 Å². The molecule has 1 aliphatic carbocycles.